The van der Waals surface area contributed by atoms with Crippen LogP contribution in [-0.2, 0) is 16.0 Å². The minimum Gasteiger partial charge on any atom is -0.493 e. The molecule has 0 atom stereocenters. The van der Waals surface area contributed by atoms with Crippen molar-refractivity contribution in [1.29, 1.82) is 0 Å². The number of nitrogens with two attached hydrogens (primary N) is 1. The van der Waals surface area contributed by atoms with E-state index in [0.29, 0.717) is 34.2 Å². The average molecular weight is 374 g/mol. The summed E-state index contributed by atoms with van der Waals surface area (Å²) in [5, 5.41) is 2.79. The molecule has 0 heterocycles. The number of nitrogens with one attached hydrogen (secondary N) is 1. The molecule has 2 aromatic carbocycles. The number of amides is 2. The summed E-state index contributed by atoms with van der Waals surface area (Å²) in [4.78, 5) is 23.1. The third-order valence-corrected chi connectivity index (χ3v) is 3.66. The van der Waals surface area contributed by atoms with Gasteiger partial charge in [-0.2, -0.15) is 0 Å². The summed E-state index contributed by atoms with van der Waals surface area (Å²) in [6.07, 6.45) is 0.0868. The topological polar surface area (TPSA) is 109 Å². The highest BCUT2D eigenvalue weighted by Crippen LogP contribution is 2.39. The van der Waals surface area contributed by atoms with E-state index < -0.39 is 5.91 Å². The summed E-state index contributed by atoms with van der Waals surface area (Å²) in [5.41, 5.74) is 6.27. The molecule has 2 rings (SSSR count). The first-order valence-electron chi connectivity index (χ1n) is 8.07. The number of carbonyl (C=O) groups is 2. The zero-order valence-electron chi connectivity index (χ0n) is 15.4. The first-order valence-corrected chi connectivity index (χ1v) is 8.07. The molecule has 0 aromatic heterocycles. The van der Waals surface area contributed by atoms with Crippen molar-refractivity contribution in [2.75, 3.05) is 33.3 Å². The number of benzene rings is 2. The van der Waals surface area contributed by atoms with Crippen molar-refractivity contribution >= 4 is 17.5 Å². The maximum Gasteiger partial charge on any atom is 0.255 e. The predicted octanol–water partition coefficient (Wildman–Crippen LogP) is 1.76. The van der Waals surface area contributed by atoms with Crippen molar-refractivity contribution in [3.63, 3.8) is 0 Å². The van der Waals surface area contributed by atoms with E-state index in [2.05, 4.69) is 5.32 Å². The lowest BCUT2D eigenvalue weighted by atomic mass is 10.1. The highest BCUT2D eigenvalue weighted by Gasteiger charge is 2.17. The zero-order chi connectivity index (χ0) is 19.8. The Kier molecular flexibility index (Phi) is 6.87. The maximum atomic E-state index is 12.4. The largest absolute Gasteiger partial charge is 0.493 e. The summed E-state index contributed by atoms with van der Waals surface area (Å²) < 4.78 is 21.1. The molecule has 0 aliphatic rings. The number of rotatable bonds is 9. The molecule has 144 valence electrons. The number of anilines is 1. The lowest BCUT2D eigenvalue weighted by Gasteiger charge is -2.15. The molecule has 27 heavy (non-hydrogen) atoms. The van der Waals surface area contributed by atoms with Crippen LogP contribution in [0.5, 0.6) is 23.0 Å². The summed E-state index contributed by atoms with van der Waals surface area (Å²) in [6, 6.07) is 10.1. The van der Waals surface area contributed by atoms with Gasteiger partial charge in [-0.1, -0.05) is 6.07 Å². The van der Waals surface area contributed by atoms with Crippen molar-refractivity contribution in [2.45, 2.75) is 6.42 Å². The smallest absolute Gasteiger partial charge is 0.255 e. The summed E-state index contributed by atoms with van der Waals surface area (Å²) >= 11 is 0. The number of primary amides is 1. The third-order valence-electron chi connectivity index (χ3n) is 3.66. The number of hydrogen-bond acceptors (Lipinski definition) is 6. The van der Waals surface area contributed by atoms with Gasteiger partial charge in [0.1, 0.15) is 5.75 Å². The standard InChI is InChI=1S/C19H22N2O6/c1-24-15-9-4-12(18(25-2)19(15)26-3)10-17(23)21-13-5-7-14(8-6-13)27-11-16(20)22/h4-9H,10-11H2,1-3H3,(H2,20,22)(H,21,23). The molecule has 3 N–H and O–H groups in total. The molecule has 0 radical (unpaired) electrons. The SMILES string of the molecule is COc1ccc(CC(=O)Nc2ccc(OCC(N)=O)cc2)c(OC)c1OC. The van der Waals surface area contributed by atoms with Gasteiger partial charge in [-0.05, 0) is 30.3 Å². The quantitative estimate of drug-likeness (QED) is 0.692. The summed E-state index contributed by atoms with van der Waals surface area (Å²) in [6.45, 7) is -0.204. The molecule has 8 heteroatoms. The van der Waals surface area contributed by atoms with E-state index in [-0.39, 0.29) is 18.9 Å². The van der Waals surface area contributed by atoms with Crippen molar-refractivity contribution < 1.29 is 28.5 Å². The van der Waals surface area contributed by atoms with Crippen LogP contribution in [0.25, 0.3) is 0 Å². The van der Waals surface area contributed by atoms with E-state index in [1.165, 1.54) is 21.3 Å². The Morgan fingerprint density at radius 3 is 2.15 bits per heavy atom. The van der Waals surface area contributed by atoms with Gasteiger partial charge in [0.15, 0.2) is 18.1 Å². The van der Waals surface area contributed by atoms with Gasteiger partial charge in [0, 0.05) is 11.3 Å². The maximum absolute atomic E-state index is 12.4. The van der Waals surface area contributed by atoms with Crippen LogP contribution in [0, 0.1) is 0 Å². The van der Waals surface area contributed by atoms with Crippen LogP contribution in [0.3, 0.4) is 0 Å². The van der Waals surface area contributed by atoms with Gasteiger partial charge in [0.2, 0.25) is 11.7 Å². The van der Waals surface area contributed by atoms with Crippen LogP contribution >= 0.6 is 0 Å². The van der Waals surface area contributed by atoms with Crippen LogP contribution in [0.2, 0.25) is 0 Å². The minimum atomic E-state index is -0.559. The zero-order valence-corrected chi connectivity index (χ0v) is 15.4. The normalized spacial score (nSPS) is 10.0. The van der Waals surface area contributed by atoms with E-state index in [0.717, 1.165) is 0 Å². The highest BCUT2D eigenvalue weighted by atomic mass is 16.5. The minimum absolute atomic E-state index is 0.0868. The first kappa shape index (κ1) is 19.9. The lowest BCUT2D eigenvalue weighted by molar-refractivity contribution is -0.120. The van der Waals surface area contributed by atoms with Crippen molar-refractivity contribution in [3.05, 3.63) is 42.0 Å². The van der Waals surface area contributed by atoms with Crippen LogP contribution in [-0.4, -0.2) is 39.8 Å². The second-order valence-corrected chi connectivity index (χ2v) is 5.50. The molecule has 0 fully saturated rings. The lowest BCUT2D eigenvalue weighted by Crippen LogP contribution is -2.20. The van der Waals surface area contributed by atoms with Crippen molar-refractivity contribution in [1.82, 2.24) is 0 Å². The van der Waals surface area contributed by atoms with Gasteiger partial charge in [0.25, 0.3) is 5.91 Å². The monoisotopic (exact) mass is 374 g/mol. The molecule has 0 aliphatic heterocycles. The number of ether oxygens (including phenoxy) is 4. The predicted molar refractivity (Wildman–Crippen MR) is 99.6 cm³/mol. The molecule has 0 spiro atoms. The van der Waals surface area contributed by atoms with Gasteiger partial charge >= 0.3 is 0 Å². The van der Waals surface area contributed by atoms with Gasteiger partial charge < -0.3 is 30.0 Å². The van der Waals surface area contributed by atoms with Crippen LogP contribution in [0.15, 0.2) is 36.4 Å². The van der Waals surface area contributed by atoms with Gasteiger partial charge in [-0.15, -0.1) is 0 Å². The fourth-order valence-corrected chi connectivity index (χ4v) is 2.47. The fourth-order valence-electron chi connectivity index (χ4n) is 2.47. The molecule has 8 nitrogen and oxygen atoms in total. The summed E-state index contributed by atoms with van der Waals surface area (Å²) in [7, 11) is 4.54. The molecular weight excluding hydrogens is 352 g/mol. The third kappa shape index (κ3) is 5.27. The molecule has 0 bridgehead atoms. The molecule has 0 unspecified atom stereocenters. The van der Waals surface area contributed by atoms with E-state index in [1.807, 2.05) is 0 Å². The van der Waals surface area contributed by atoms with E-state index >= 15 is 0 Å². The molecule has 0 saturated heterocycles. The molecule has 0 aliphatic carbocycles. The Morgan fingerprint density at radius 1 is 0.926 bits per heavy atom. The average Bonchev–Trinajstić information content (AvgIpc) is 2.66. The van der Waals surface area contributed by atoms with Crippen molar-refractivity contribution in [2.24, 2.45) is 5.73 Å². The van der Waals surface area contributed by atoms with Crippen molar-refractivity contribution in [3.8, 4) is 23.0 Å². The Morgan fingerprint density at radius 2 is 1.59 bits per heavy atom. The second-order valence-electron chi connectivity index (χ2n) is 5.50. The Bertz CT molecular complexity index is 805. The van der Waals surface area contributed by atoms with Crippen LogP contribution in [0.1, 0.15) is 5.56 Å². The Balaban J connectivity index is 2.06. The fraction of sp³-hybridized carbons (Fsp3) is 0.263. The van der Waals surface area contributed by atoms with E-state index in [1.54, 1.807) is 36.4 Å². The van der Waals surface area contributed by atoms with Gasteiger partial charge in [-0.25, -0.2) is 0 Å². The van der Waals surface area contributed by atoms with Crippen LogP contribution < -0.4 is 30.0 Å². The highest BCUT2D eigenvalue weighted by molar-refractivity contribution is 5.93. The number of hydrogen-bond donors (Lipinski definition) is 2. The Labute approximate surface area is 157 Å². The van der Waals surface area contributed by atoms with Gasteiger partial charge in [0.05, 0.1) is 27.8 Å². The molecule has 2 amide bonds. The van der Waals surface area contributed by atoms with E-state index in [9.17, 15) is 9.59 Å². The molecule has 0 saturated carbocycles. The molecular formula is C19H22N2O6. The van der Waals surface area contributed by atoms with E-state index in [4.69, 9.17) is 24.7 Å². The molecule has 2 aromatic rings. The summed E-state index contributed by atoms with van der Waals surface area (Å²) in [5.74, 6) is 1.09. The second kappa shape index (κ2) is 9.33. The first-order chi connectivity index (χ1) is 13.0. The number of methoxy groups -OCH3 is 3. The van der Waals surface area contributed by atoms with Gasteiger partial charge in [-0.3, -0.25) is 9.59 Å². The number of carbonyl (C=O) groups excluding carboxylic acids is 2. The Hall–Kier alpha value is -3.42. The van der Waals surface area contributed by atoms with Crippen LogP contribution in [0.4, 0.5) is 5.69 Å².